The van der Waals surface area contributed by atoms with Gasteiger partial charge in [0.25, 0.3) is 0 Å². The lowest BCUT2D eigenvalue weighted by molar-refractivity contribution is 0.615. The van der Waals surface area contributed by atoms with Crippen molar-refractivity contribution in [1.29, 1.82) is 0 Å². The van der Waals surface area contributed by atoms with E-state index < -0.39 is 0 Å². The number of hydrogen-bond donors (Lipinski definition) is 2. The van der Waals surface area contributed by atoms with E-state index in [0.717, 1.165) is 24.2 Å². The summed E-state index contributed by atoms with van der Waals surface area (Å²) < 4.78 is 18.0. The number of nitrogens with zero attached hydrogens (tertiary/aromatic N) is 5. The fourth-order valence-corrected chi connectivity index (χ4v) is 3.45. The highest BCUT2D eigenvalue weighted by atomic mass is 127. The molecule has 0 radical (unpaired) electrons. The predicted molar refractivity (Wildman–Crippen MR) is 133 cm³/mol. The first kappa shape index (κ1) is 24.8. The van der Waals surface area contributed by atoms with Crippen molar-refractivity contribution in [2.75, 3.05) is 6.54 Å². The van der Waals surface area contributed by atoms with E-state index in [4.69, 9.17) is 0 Å². The van der Waals surface area contributed by atoms with Crippen molar-refractivity contribution in [3.63, 3.8) is 0 Å². The quantitative estimate of drug-likeness (QED) is 0.273. The first-order valence-electron chi connectivity index (χ1n) is 10.2. The van der Waals surface area contributed by atoms with Gasteiger partial charge in [-0.1, -0.05) is 6.07 Å². The summed E-state index contributed by atoms with van der Waals surface area (Å²) in [5, 5.41) is 11.2. The summed E-state index contributed by atoms with van der Waals surface area (Å²) in [4.78, 5) is 8.60. The minimum absolute atomic E-state index is 0. The topological polar surface area (TPSA) is 72.1 Å². The zero-order valence-electron chi connectivity index (χ0n) is 18.7. The second-order valence-electron chi connectivity index (χ2n) is 7.47. The number of guanidine groups is 1. The summed E-state index contributed by atoms with van der Waals surface area (Å²) in [7, 11) is 1.96. The van der Waals surface area contributed by atoms with E-state index in [2.05, 4.69) is 39.6 Å². The lowest BCUT2D eigenvalue weighted by Crippen LogP contribution is -2.43. The Morgan fingerprint density at radius 1 is 1.29 bits per heavy atom. The molecule has 0 saturated carbocycles. The third-order valence-corrected chi connectivity index (χ3v) is 5.11. The molecule has 1 unspecified atom stereocenters. The highest BCUT2D eigenvalue weighted by molar-refractivity contribution is 14.0. The van der Waals surface area contributed by atoms with E-state index >= 15 is 0 Å². The van der Waals surface area contributed by atoms with Gasteiger partial charge in [-0.2, -0.15) is 5.10 Å². The summed E-state index contributed by atoms with van der Waals surface area (Å²) in [5.74, 6) is 0.415. The van der Waals surface area contributed by atoms with Crippen molar-refractivity contribution in [3.8, 4) is 5.69 Å². The third-order valence-electron chi connectivity index (χ3n) is 5.11. The van der Waals surface area contributed by atoms with Gasteiger partial charge in [-0.3, -0.25) is 4.68 Å². The molecule has 0 aliphatic rings. The maximum Gasteiger partial charge on any atom is 0.191 e. The number of rotatable bonds is 7. The van der Waals surface area contributed by atoms with Crippen molar-refractivity contribution >= 4 is 29.9 Å². The first-order valence-corrected chi connectivity index (χ1v) is 10.2. The molecule has 0 aliphatic heterocycles. The highest BCUT2D eigenvalue weighted by Gasteiger charge is 2.14. The van der Waals surface area contributed by atoms with Crippen LogP contribution in [0.5, 0.6) is 0 Å². The van der Waals surface area contributed by atoms with Gasteiger partial charge in [0.1, 0.15) is 5.82 Å². The average Bonchev–Trinajstić information content (AvgIpc) is 3.31. The number of aryl methyl sites for hydroxylation is 2. The van der Waals surface area contributed by atoms with Gasteiger partial charge in [0.15, 0.2) is 5.96 Å². The van der Waals surface area contributed by atoms with Gasteiger partial charge in [0, 0.05) is 37.7 Å². The maximum atomic E-state index is 14.5. The zero-order chi connectivity index (χ0) is 21.7. The second kappa shape index (κ2) is 11.3. The molecule has 31 heavy (non-hydrogen) atoms. The summed E-state index contributed by atoms with van der Waals surface area (Å²) >= 11 is 0. The SMILES string of the molecule is CCNC(=NCc1ccc(-n2ccnc2)c(F)c1)NC(C)Cc1c(C)nn(C)c1C.I. The van der Waals surface area contributed by atoms with Crippen LogP contribution in [0, 0.1) is 19.7 Å². The summed E-state index contributed by atoms with van der Waals surface area (Å²) in [5.41, 5.74) is 4.77. The first-order chi connectivity index (χ1) is 14.4. The molecule has 168 valence electrons. The van der Waals surface area contributed by atoms with Crippen molar-refractivity contribution in [3.05, 3.63) is 65.3 Å². The molecule has 0 saturated heterocycles. The molecular formula is C22H31FIN7. The smallest absolute Gasteiger partial charge is 0.191 e. The monoisotopic (exact) mass is 539 g/mol. The minimum atomic E-state index is -0.297. The summed E-state index contributed by atoms with van der Waals surface area (Å²) in [6.07, 6.45) is 5.78. The van der Waals surface area contributed by atoms with Gasteiger partial charge >= 0.3 is 0 Å². The Hall–Kier alpha value is -2.43. The summed E-state index contributed by atoms with van der Waals surface area (Å²) in [6, 6.07) is 5.33. The number of aromatic nitrogens is 4. The molecule has 0 bridgehead atoms. The standard InChI is InChI=1S/C22H30FN7.HI/c1-6-25-22(27-15(2)11-19-16(3)28-29(5)17(19)4)26-13-18-7-8-21(20(23)12-18)30-10-9-24-14-30;/h7-10,12,14-15H,6,11,13H2,1-5H3,(H2,25,26,27);1H. The molecular weight excluding hydrogens is 508 g/mol. The number of hydrogen-bond acceptors (Lipinski definition) is 3. The van der Waals surface area contributed by atoms with Crippen LogP contribution in [0.25, 0.3) is 5.69 Å². The van der Waals surface area contributed by atoms with Crippen LogP contribution in [0.3, 0.4) is 0 Å². The zero-order valence-corrected chi connectivity index (χ0v) is 21.0. The van der Waals surface area contributed by atoms with Crippen LogP contribution in [-0.4, -0.2) is 37.9 Å². The molecule has 0 spiro atoms. The molecule has 0 amide bonds. The van der Waals surface area contributed by atoms with E-state index in [-0.39, 0.29) is 35.8 Å². The van der Waals surface area contributed by atoms with Gasteiger partial charge < -0.3 is 15.2 Å². The fraction of sp³-hybridized carbons (Fsp3) is 0.409. The van der Waals surface area contributed by atoms with Crippen LogP contribution >= 0.6 is 24.0 Å². The van der Waals surface area contributed by atoms with Crippen LogP contribution in [0.2, 0.25) is 0 Å². The molecule has 0 fully saturated rings. The van der Waals surface area contributed by atoms with Crippen LogP contribution in [0.4, 0.5) is 4.39 Å². The third kappa shape index (κ3) is 6.28. The Balaban J connectivity index is 0.00000341. The Morgan fingerprint density at radius 2 is 2.06 bits per heavy atom. The molecule has 1 aromatic carbocycles. The highest BCUT2D eigenvalue weighted by Crippen LogP contribution is 2.16. The normalized spacial score (nSPS) is 12.4. The lowest BCUT2D eigenvalue weighted by atomic mass is 10.1. The number of aliphatic imine (C=N–C) groups is 1. The fourth-order valence-electron chi connectivity index (χ4n) is 3.45. The van der Waals surface area contributed by atoms with E-state index in [1.54, 1.807) is 29.4 Å². The van der Waals surface area contributed by atoms with Gasteiger partial charge in [0.2, 0.25) is 0 Å². The molecule has 0 aliphatic carbocycles. The maximum absolute atomic E-state index is 14.5. The molecule has 3 aromatic rings. The van der Waals surface area contributed by atoms with Gasteiger partial charge in [-0.05, 0) is 57.4 Å². The van der Waals surface area contributed by atoms with Crippen LogP contribution in [0.1, 0.15) is 36.4 Å². The van der Waals surface area contributed by atoms with Gasteiger partial charge in [-0.15, -0.1) is 24.0 Å². The Bertz CT molecular complexity index is 1010. The summed E-state index contributed by atoms with van der Waals surface area (Å²) in [6.45, 7) is 9.40. The Labute approximate surface area is 200 Å². The number of nitrogens with one attached hydrogen (secondary N) is 2. The molecule has 2 N–H and O–H groups in total. The van der Waals surface area contributed by atoms with Crippen molar-refractivity contribution in [2.45, 2.75) is 46.7 Å². The molecule has 3 rings (SSSR count). The lowest BCUT2D eigenvalue weighted by Gasteiger charge is -2.18. The number of benzene rings is 1. The average molecular weight is 539 g/mol. The van der Waals surface area contributed by atoms with Crippen LogP contribution < -0.4 is 10.6 Å². The predicted octanol–water partition coefficient (Wildman–Crippen LogP) is 3.67. The van der Waals surface area contributed by atoms with Crippen molar-refractivity contribution in [2.24, 2.45) is 12.0 Å². The molecule has 2 heterocycles. The number of imidazole rings is 1. The van der Waals surface area contributed by atoms with Crippen molar-refractivity contribution in [1.82, 2.24) is 30.0 Å². The van der Waals surface area contributed by atoms with E-state index in [0.29, 0.717) is 18.2 Å². The minimum Gasteiger partial charge on any atom is -0.357 e. The molecule has 2 aromatic heterocycles. The van der Waals surface area contributed by atoms with Crippen LogP contribution in [0.15, 0.2) is 41.9 Å². The second-order valence-corrected chi connectivity index (χ2v) is 7.47. The van der Waals surface area contributed by atoms with E-state index in [1.807, 2.05) is 31.6 Å². The Morgan fingerprint density at radius 3 is 2.65 bits per heavy atom. The molecule has 1 atom stereocenters. The number of halogens is 2. The molecule has 7 nitrogen and oxygen atoms in total. The van der Waals surface area contributed by atoms with Crippen LogP contribution in [-0.2, 0) is 20.0 Å². The van der Waals surface area contributed by atoms with Gasteiger partial charge in [0.05, 0.1) is 24.3 Å². The molecule has 9 heteroatoms. The van der Waals surface area contributed by atoms with E-state index in [1.165, 1.54) is 17.3 Å². The van der Waals surface area contributed by atoms with E-state index in [9.17, 15) is 4.39 Å². The van der Waals surface area contributed by atoms with Gasteiger partial charge in [-0.25, -0.2) is 14.4 Å². The Kier molecular flexibility index (Phi) is 9.02. The van der Waals surface area contributed by atoms with Crippen molar-refractivity contribution < 1.29 is 4.39 Å². The largest absolute Gasteiger partial charge is 0.357 e.